The summed E-state index contributed by atoms with van der Waals surface area (Å²) in [6, 6.07) is 9.76. The Kier molecular flexibility index (Phi) is 4.11. The van der Waals surface area contributed by atoms with E-state index in [0.717, 1.165) is 0 Å². The van der Waals surface area contributed by atoms with Crippen molar-refractivity contribution < 1.29 is 9.59 Å². The fraction of sp³-hybridized carbons (Fsp3) is 0.125. The van der Waals surface area contributed by atoms with Crippen molar-refractivity contribution in [2.75, 3.05) is 10.6 Å². The van der Waals surface area contributed by atoms with Gasteiger partial charge in [-0.2, -0.15) is 10.2 Å². The zero-order valence-corrected chi connectivity index (χ0v) is 13.2. The van der Waals surface area contributed by atoms with Gasteiger partial charge < -0.3 is 10.6 Å². The molecule has 0 saturated heterocycles. The molecule has 0 aliphatic rings. The van der Waals surface area contributed by atoms with Crippen molar-refractivity contribution in [3.8, 4) is 0 Å². The maximum Gasteiger partial charge on any atom is 0.256 e. The van der Waals surface area contributed by atoms with E-state index in [1.807, 2.05) is 0 Å². The van der Waals surface area contributed by atoms with Gasteiger partial charge in [0.2, 0.25) is 0 Å². The van der Waals surface area contributed by atoms with E-state index in [2.05, 4.69) is 20.8 Å². The van der Waals surface area contributed by atoms with E-state index in [-0.39, 0.29) is 11.8 Å². The third kappa shape index (κ3) is 3.49. The lowest BCUT2D eigenvalue weighted by Gasteiger charge is -2.05. The number of nitrogens with one attached hydrogen (secondary N) is 2. The number of hydrogen-bond acceptors (Lipinski definition) is 4. The third-order valence-corrected chi connectivity index (χ3v) is 3.32. The number of aromatic nitrogens is 4. The zero-order chi connectivity index (χ0) is 17.1. The van der Waals surface area contributed by atoms with E-state index < -0.39 is 0 Å². The van der Waals surface area contributed by atoms with Crippen molar-refractivity contribution in [1.82, 2.24) is 19.6 Å². The van der Waals surface area contributed by atoms with E-state index in [1.54, 1.807) is 72.3 Å². The molecule has 0 saturated carbocycles. The Hall–Kier alpha value is -3.42. The largest absolute Gasteiger partial charge is 0.305 e. The highest BCUT2D eigenvalue weighted by atomic mass is 16.2. The molecule has 2 heterocycles. The van der Waals surface area contributed by atoms with Gasteiger partial charge >= 0.3 is 0 Å². The lowest BCUT2D eigenvalue weighted by molar-refractivity contribution is 0.101. The Bertz CT molecular complexity index is 805. The van der Waals surface area contributed by atoms with Crippen molar-refractivity contribution in [1.29, 1.82) is 0 Å². The van der Waals surface area contributed by atoms with E-state index >= 15 is 0 Å². The number of benzene rings is 1. The lowest BCUT2D eigenvalue weighted by atomic mass is 10.1. The van der Waals surface area contributed by atoms with Gasteiger partial charge in [-0.25, -0.2) is 0 Å². The molecule has 24 heavy (non-hydrogen) atoms. The van der Waals surface area contributed by atoms with Gasteiger partial charge in [-0.1, -0.05) is 0 Å². The van der Waals surface area contributed by atoms with Crippen LogP contribution in [0.1, 0.15) is 20.7 Å². The molecule has 0 aliphatic carbocycles. The normalized spacial score (nSPS) is 10.4. The molecule has 2 aromatic heterocycles. The van der Waals surface area contributed by atoms with Crippen molar-refractivity contribution in [2.45, 2.75) is 0 Å². The van der Waals surface area contributed by atoms with Crippen LogP contribution in [0, 0.1) is 0 Å². The van der Waals surface area contributed by atoms with Crippen LogP contribution in [0.5, 0.6) is 0 Å². The highest BCUT2D eigenvalue weighted by molar-refractivity contribution is 6.06. The lowest BCUT2D eigenvalue weighted by Crippen LogP contribution is -2.15. The number of carbonyl (C=O) groups excluding carboxylic acids is 2. The summed E-state index contributed by atoms with van der Waals surface area (Å²) in [5.41, 5.74) is 0.880. The number of aryl methyl sites for hydroxylation is 2. The molecule has 0 atom stereocenters. The number of hydrogen-bond donors (Lipinski definition) is 2. The van der Waals surface area contributed by atoms with Crippen molar-refractivity contribution in [3.05, 3.63) is 59.9 Å². The van der Waals surface area contributed by atoms with Crippen LogP contribution in [-0.2, 0) is 14.1 Å². The number of anilines is 2. The summed E-state index contributed by atoms with van der Waals surface area (Å²) in [6.07, 6.45) is 3.47. The predicted molar refractivity (Wildman–Crippen MR) is 88.8 cm³/mol. The Morgan fingerprint density at radius 3 is 1.42 bits per heavy atom. The molecule has 0 fully saturated rings. The fourth-order valence-electron chi connectivity index (χ4n) is 2.11. The molecule has 0 unspecified atom stereocenters. The molecule has 0 radical (unpaired) electrons. The summed E-state index contributed by atoms with van der Waals surface area (Å²) in [5, 5.41) is 13.5. The molecule has 3 rings (SSSR count). The zero-order valence-electron chi connectivity index (χ0n) is 13.2. The molecule has 2 N–H and O–H groups in total. The first-order chi connectivity index (χ1) is 11.5. The number of carbonyl (C=O) groups is 2. The quantitative estimate of drug-likeness (QED) is 0.763. The Labute approximate surface area is 138 Å². The average molecular weight is 324 g/mol. The molecule has 8 nitrogen and oxygen atoms in total. The van der Waals surface area contributed by atoms with E-state index in [1.165, 1.54) is 0 Å². The summed E-state index contributed by atoms with van der Waals surface area (Å²) in [5.74, 6) is 0.370. The summed E-state index contributed by atoms with van der Waals surface area (Å²) in [7, 11) is 3.54. The van der Waals surface area contributed by atoms with Gasteiger partial charge in [0.25, 0.3) is 11.8 Å². The second kappa shape index (κ2) is 6.37. The molecule has 1 aromatic carbocycles. The Balaban J connectivity index is 1.66. The molecule has 122 valence electrons. The van der Waals surface area contributed by atoms with Gasteiger partial charge in [0.1, 0.15) is 0 Å². The highest BCUT2D eigenvalue weighted by Crippen LogP contribution is 2.10. The second-order valence-corrected chi connectivity index (χ2v) is 5.23. The van der Waals surface area contributed by atoms with Crippen molar-refractivity contribution >= 4 is 23.5 Å². The minimum atomic E-state index is -0.287. The molecular weight excluding hydrogens is 308 g/mol. The Morgan fingerprint density at radius 1 is 0.750 bits per heavy atom. The maximum atomic E-state index is 12.1. The van der Waals surface area contributed by atoms with Crippen molar-refractivity contribution in [2.24, 2.45) is 14.1 Å². The van der Waals surface area contributed by atoms with Gasteiger partial charge in [0.05, 0.1) is 0 Å². The third-order valence-electron chi connectivity index (χ3n) is 3.32. The van der Waals surface area contributed by atoms with Gasteiger partial charge in [-0.05, 0) is 24.3 Å². The first kappa shape index (κ1) is 15.5. The molecule has 3 aromatic rings. The first-order valence-corrected chi connectivity index (χ1v) is 7.23. The van der Waals surface area contributed by atoms with Crippen LogP contribution in [-0.4, -0.2) is 31.4 Å². The van der Waals surface area contributed by atoms with Gasteiger partial charge in [0.15, 0.2) is 11.6 Å². The van der Waals surface area contributed by atoms with Crippen LogP contribution in [0.2, 0.25) is 0 Å². The van der Waals surface area contributed by atoms with Crippen LogP contribution in [0.25, 0.3) is 0 Å². The smallest absolute Gasteiger partial charge is 0.256 e. The molecule has 8 heteroatoms. The van der Waals surface area contributed by atoms with Crippen LogP contribution in [0.4, 0.5) is 11.6 Å². The highest BCUT2D eigenvalue weighted by Gasteiger charge is 2.11. The van der Waals surface area contributed by atoms with Crippen LogP contribution >= 0.6 is 0 Å². The second-order valence-electron chi connectivity index (χ2n) is 5.23. The summed E-state index contributed by atoms with van der Waals surface area (Å²) in [4.78, 5) is 24.2. The minimum Gasteiger partial charge on any atom is -0.305 e. The van der Waals surface area contributed by atoms with Crippen LogP contribution in [0.3, 0.4) is 0 Å². The van der Waals surface area contributed by atoms with E-state index in [4.69, 9.17) is 0 Å². The SMILES string of the molecule is Cn1ccc(NC(=O)c2ccc(C(=O)Nc3ccn(C)n3)cc2)n1. The first-order valence-electron chi connectivity index (χ1n) is 7.23. The Morgan fingerprint density at radius 2 is 1.12 bits per heavy atom. The van der Waals surface area contributed by atoms with Gasteiger partial charge in [0, 0.05) is 49.7 Å². The average Bonchev–Trinajstić information content (AvgIpc) is 3.15. The molecule has 0 bridgehead atoms. The summed E-state index contributed by atoms with van der Waals surface area (Å²) in [6.45, 7) is 0. The van der Waals surface area contributed by atoms with E-state index in [0.29, 0.717) is 22.8 Å². The molecule has 2 amide bonds. The summed E-state index contributed by atoms with van der Waals surface area (Å²) >= 11 is 0. The van der Waals surface area contributed by atoms with Crippen molar-refractivity contribution in [3.63, 3.8) is 0 Å². The fourth-order valence-corrected chi connectivity index (χ4v) is 2.11. The monoisotopic (exact) mass is 324 g/mol. The van der Waals surface area contributed by atoms with Gasteiger partial charge in [-0.3, -0.25) is 19.0 Å². The summed E-state index contributed by atoms with van der Waals surface area (Å²) < 4.78 is 3.20. The minimum absolute atomic E-state index is 0.287. The standard InChI is InChI=1S/C16H16N6O2/c1-21-9-7-13(19-21)17-15(23)11-3-5-12(6-4-11)16(24)18-14-8-10-22(2)20-14/h3-10H,1-2H3,(H,17,19,23)(H,18,20,24). The predicted octanol–water partition coefficient (Wildman–Crippen LogP) is 1.66. The number of rotatable bonds is 4. The number of amides is 2. The maximum absolute atomic E-state index is 12.1. The molecule has 0 aliphatic heterocycles. The molecular formula is C16H16N6O2. The topological polar surface area (TPSA) is 93.8 Å². The van der Waals surface area contributed by atoms with Crippen LogP contribution in [0.15, 0.2) is 48.8 Å². The molecule has 0 spiro atoms. The van der Waals surface area contributed by atoms with E-state index in [9.17, 15) is 9.59 Å². The number of nitrogens with zero attached hydrogens (tertiary/aromatic N) is 4. The van der Waals surface area contributed by atoms with Gasteiger partial charge in [-0.15, -0.1) is 0 Å². The van der Waals surface area contributed by atoms with Crippen LogP contribution < -0.4 is 10.6 Å².